The summed E-state index contributed by atoms with van der Waals surface area (Å²) in [5, 5.41) is 15.6. The van der Waals surface area contributed by atoms with E-state index in [1.807, 2.05) is 40.7 Å². The molecule has 0 aromatic heterocycles. The number of nitrogens with one attached hydrogen (secondary N) is 1. The molecule has 9 heteroatoms. The number of amides is 3. The zero-order valence-electron chi connectivity index (χ0n) is 19.1. The van der Waals surface area contributed by atoms with Crippen molar-refractivity contribution in [3.63, 3.8) is 0 Å². The fourth-order valence-electron chi connectivity index (χ4n) is 3.55. The van der Waals surface area contributed by atoms with Crippen molar-refractivity contribution in [3.05, 3.63) is 64.2 Å². The number of nitrogens with zero attached hydrogens (tertiary/aromatic N) is 3. The van der Waals surface area contributed by atoms with Gasteiger partial charge < -0.3 is 5.02 Å². The Morgan fingerprint density at radius 2 is 1.66 bits per heavy atom. The summed E-state index contributed by atoms with van der Waals surface area (Å²) in [7, 11) is -1.22. The molecule has 1 heterocycles. The molecule has 2 aromatic rings. The van der Waals surface area contributed by atoms with Gasteiger partial charge in [-0.2, -0.15) is 5.10 Å². The first-order valence-corrected chi connectivity index (χ1v) is 10.3. The minimum atomic E-state index is -1.22. The van der Waals surface area contributed by atoms with Gasteiger partial charge in [-0.05, 0) is 69.9 Å². The summed E-state index contributed by atoms with van der Waals surface area (Å²) in [5.74, 6) is -1.19. The van der Waals surface area contributed by atoms with Crippen LogP contribution in [-0.2, 0) is 4.79 Å². The average molecular weight is 434 g/mol. The maximum absolute atomic E-state index is 13.3. The molecule has 2 aromatic carbocycles. The molecule has 32 heavy (non-hydrogen) atoms. The molecule has 0 bridgehead atoms. The van der Waals surface area contributed by atoms with E-state index in [9.17, 15) is 19.4 Å². The van der Waals surface area contributed by atoms with Crippen molar-refractivity contribution in [2.75, 3.05) is 0 Å². The summed E-state index contributed by atoms with van der Waals surface area (Å²) in [6.07, 6.45) is 1.42. The van der Waals surface area contributed by atoms with E-state index in [0.29, 0.717) is 22.2 Å². The Morgan fingerprint density at radius 3 is 2.22 bits per heavy atom. The molecule has 1 aliphatic rings. The molecule has 3 rings (SSSR count). The van der Waals surface area contributed by atoms with Gasteiger partial charge in [0, 0.05) is 18.1 Å². The molecule has 0 atom stereocenters. The van der Waals surface area contributed by atoms with Crippen molar-refractivity contribution in [2.45, 2.75) is 47.1 Å². The molecule has 0 spiro atoms. The zero-order chi connectivity index (χ0) is 23.8. The van der Waals surface area contributed by atoms with Gasteiger partial charge in [0.05, 0.1) is 11.8 Å². The summed E-state index contributed by atoms with van der Waals surface area (Å²) >= 11 is 0. The van der Waals surface area contributed by atoms with Crippen molar-refractivity contribution in [3.8, 4) is 0 Å². The van der Waals surface area contributed by atoms with Crippen LogP contribution >= 0.6 is 0 Å². The predicted molar refractivity (Wildman–Crippen MR) is 123 cm³/mol. The molecule has 2 N–H and O–H groups in total. The molecule has 0 fully saturated rings. The maximum atomic E-state index is 13.3. The van der Waals surface area contributed by atoms with Crippen LogP contribution in [0.1, 0.15) is 65.1 Å². The molecule has 0 aliphatic carbocycles. The Morgan fingerprint density at radius 1 is 1.03 bits per heavy atom. The highest BCUT2D eigenvalue weighted by atomic mass is 16.2. The summed E-state index contributed by atoms with van der Waals surface area (Å²) in [5.41, 5.74) is 5.73. The Bertz CT molecular complexity index is 1100. The molecule has 166 valence electrons. The van der Waals surface area contributed by atoms with E-state index in [-0.39, 0.29) is 5.91 Å². The first-order chi connectivity index (χ1) is 14.9. The first-order valence-electron chi connectivity index (χ1n) is 10.3. The predicted octanol–water partition coefficient (Wildman–Crippen LogP) is 1.77. The third kappa shape index (κ3) is 4.73. The number of carbonyl (C=O) groups is 3. The second-order valence-corrected chi connectivity index (χ2v) is 8.95. The molecule has 0 unspecified atom stereocenters. The number of carbonyl (C=O) groups excluding carboxylic acids is 3. The van der Waals surface area contributed by atoms with E-state index in [0.717, 1.165) is 16.0 Å². The van der Waals surface area contributed by atoms with Gasteiger partial charge in [-0.3, -0.25) is 19.8 Å². The molecule has 0 radical (unpaired) electrons. The van der Waals surface area contributed by atoms with E-state index >= 15 is 0 Å². The summed E-state index contributed by atoms with van der Waals surface area (Å²) < 4.78 is 0. The topological polar surface area (TPSA) is 102 Å². The fourth-order valence-corrected chi connectivity index (χ4v) is 3.55. The fraction of sp³-hybridized carbons (Fsp3) is 0.304. The number of benzene rings is 2. The van der Waals surface area contributed by atoms with Gasteiger partial charge in [0.2, 0.25) is 5.91 Å². The standard InChI is InChI=1S/C23H27BN4O4/c1-14-9-15(2)11-18(10-14)22(31)27(23(4,5)6)26-21(30)17-7-8-20-19(12-17)13-25-28(16(3)29)24(20)32/h7-13,32H,1-6H3,(H,26,30). The van der Waals surface area contributed by atoms with Gasteiger partial charge >= 0.3 is 7.05 Å². The largest absolute Gasteiger partial charge is 0.474 e. The minimum absolute atomic E-state index is 0.293. The Kier molecular flexibility index (Phi) is 6.23. The van der Waals surface area contributed by atoms with Crippen molar-refractivity contribution in [2.24, 2.45) is 5.10 Å². The van der Waals surface area contributed by atoms with E-state index in [1.165, 1.54) is 24.2 Å². The average Bonchev–Trinajstić information content (AvgIpc) is 2.69. The van der Waals surface area contributed by atoms with Crippen molar-refractivity contribution >= 4 is 36.4 Å². The van der Waals surface area contributed by atoms with Crippen LogP contribution in [0.15, 0.2) is 41.5 Å². The first kappa shape index (κ1) is 23.2. The normalized spacial score (nSPS) is 13.0. The van der Waals surface area contributed by atoms with E-state index < -0.39 is 24.4 Å². The lowest BCUT2D eigenvalue weighted by Crippen LogP contribution is -2.56. The van der Waals surface area contributed by atoms with E-state index in [1.54, 1.807) is 24.3 Å². The highest BCUT2D eigenvalue weighted by Gasteiger charge is 2.33. The van der Waals surface area contributed by atoms with E-state index in [4.69, 9.17) is 0 Å². The number of rotatable bonds is 2. The third-order valence-corrected chi connectivity index (χ3v) is 5.06. The minimum Gasteiger partial charge on any atom is -0.427 e. The lowest BCUT2D eigenvalue weighted by Gasteiger charge is -2.35. The maximum Gasteiger partial charge on any atom is 0.474 e. The second-order valence-electron chi connectivity index (χ2n) is 8.95. The number of hydrogen-bond donors (Lipinski definition) is 2. The van der Waals surface area contributed by atoms with Crippen molar-refractivity contribution in [1.29, 1.82) is 0 Å². The number of hydrogen-bond acceptors (Lipinski definition) is 5. The second kappa shape index (κ2) is 8.59. The molecule has 0 saturated carbocycles. The van der Waals surface area contributed by atoms with Gasteiger partial charge in [0.1, 0.15) is 0 Å². The third-order valence-electron chi connectivity index (χ3n) is 5.06. The monoisotopic (exact) mass is 434 g/mol. The summed E-state index contributed by atoms with van der Waals surface area (Å²) in [6, 6.07) is 10.2. The van der Waals surface area contributed by atoms with Gasteiger partial charge in [-0.25, -0.2) is 9.93 Å². The van der Waals surface area contributed by atoms with Crippen molar-refractivity contribution < 1.29 is 19.4 Å². The van der Waals surface area contributed by atoms with Crippen LogP contribution < -0.4 is 10.9 Å². The molecular formula is C23H27BN4O4. The molecular weight excluding hydrogens is 407 g/mol. The summed E-state index contributed by atoms with van der Waals surface area (Å²) in [6.45, 7) is 10.6. The molecule has 0 saturated heterocycles. The Labute approximate surface area is 188 Å². The SMILES string of the molecule is CC(=O)N1N=Cc2cc(C(=O)NN(C(=O)c3cc(C)cc(C)c3)C(C)(C)C)ccc2B1O. The van der Waals surface area contributed by atoms with Gasteiger partial charge in [-0.15, -0.1) is 0 Å². The molecule has 3 amide bonds. The van der Waals surface area contributed by atoms with Gasteiger partial charge in [0.15, 0.2) is 0 Å². The number of hydrazone groups is 1. The quantitative estimate of drug-likeness (QED) is 0.556. The molecule has 8 nitrogen and oxygen atoms in total. The van der Waals surface area contributed by atoms with Crippen LogP contribution in [0, 0.1) is 13.8 Å². The van der Waals surface area contributed by atoms with Crippen LogP contribution in [0.5, 0.6) is 0 Å². The van der Waals surface area contributed by atoms with Gasteiger partial charge in [0.25, 0.3) is 11.8 Å². The number of hydrazine groups is 1. The van der Waals surface area contributed by atoms with Crippen LogP contribution in [-0.4, -0.2) is 51.5 Å². The van der Waals surface area contributed by atoms with Crippen LogP contribution in [0.2, 0.25) is 0 Å². The lowest BCUT2D eigenvalue weighted by molar-refractivity contribution is -0.125. The van der Waals surface area contributed by atoms with Crippen LogP contribution in [0.3, 0.4) is 0 Å². The van der Waals surface area contributed by atoms with Gasteiger partial charge in [-0.1, -0.05) is 23.3 Å². The zero-order valence-corrected chi connectivity index (χ0v) is 19.1. The Balaban J connectivity index is 1.88. The summed E-state index contributed by atoms with van der Waals surface area (Å²) in [4.78, 5) is 38.8. The Hall–Kier alpha value is -3.46. The van der Waals surface area contributed by atoms with Crippen LogP contribution in [0.4, 0.5) is 0 Å². The highest BCUT2D eigenvalue weighted by Crippen LogP contribution is 2.18. The number of aryl methyl sites for hydroxylation is 2. The van der Waals surface area contributed by atoms with E-state index in [2.05, 4.69) is 10.5 Å². The molecule has 1 aliphatic heterocycles. The highest BCUT2D eigenvalue weighted by molar-refractivity contribution is 6.67. The smallest absolute Gasteiger partial charge is 0.427 e. The van der Waals surface area contributed by atoms with Crippen molar-refractivity contribution in [1.82, 2.24) is 15.4 Å². The lowest BCUT2D eigenvalue weighted by atomic mass is 9.69. The van der Waals surface area contributed by atoms with Crippen LogP contribution in [0.25, 0.3) is 0 Å². The number of fused-ring (bicyclic) bond motifs is 1.